The van der Waals surface area contributed by atoms with Crippen LogP contribution in [-0.2, 0) is 18.8 Å². The summed E-state index contributed by atoms with van der Waals surface area (Å²) in [4.78, 5) is 14.9. The van der Waals surface area contributed by atoms with Crippen molar-refractivity contribution in [1.82, 2.24) is 0 Å². The number of benzene rings is 2. The fourth-order valence-corrected chi connectivity index (χ4v) is 5.42. The smallest absolute Gasteiger partial charge is 0.270 e. The monoisotopic (exact) mass is 404 g/mol. The molecule has 3 rings (SSSR count). The van der Waals surface area contributed by atoms with E-state index in [9.17, 15) is 13.6 Å². The first-order valence-corrected chi connectivity index (χ1v) is 10.8. The maximum absolute atomic E-state index is 13.7. The molecule has 142 valence electrons. The predicted molar refractivity (Wildman–Crippen MR) is 112 cm³/mol. The minimum atomic E-state index is -2.91. The number of aryl methyl sites for hydroxylation is 1. The first-order valence-electron chi connectivity index (χ1n) is 9.02. The van der Waals surface area contributed by atoms with E-state index in [-0.39, 0.29) is 17.8 Å². The molecule has 27 heavy (non-hydrogen) atoms. The number of thioether (sulfide) groups is 1. The van der Waals surface area contributed by atoms with Gasteiger partial charge in [-0.1, -0.05) is 44.2 Å². The summed E-state index contributed by atoms with van der Waals surface area (Å²) < 4.78 is 28.6. The van der Waals surface area contributed by atoms with Crippen molar-refractivity contribution in [1.29, 1.82) is 0 Å². The number of Topliss-reactive ketones (excluding diaryl/α,β-unsaturated/α-hetero) is 1. The molecule has 1 heterocycles. The number of ketones is 1. The lowest BCUT2D eigenvalue weighted by molar-refractivity contribution is 0.0173. The number of carbonyl (C=O) groups excluding carboxylic acids is 1. The van der Waals surface area contributed by atoms with Crippen LogP contribution in [0.4, 0.5) is 8.78 Å². The molecule has 0 spiro atoms. The number of carbonyl (C=O) groups is 1. The quantitative estimate of drug-likeness (QED) is 0.308. The van der Waals surface area contributed by atoms with Crippen molar-refractivity contribution in [3.05, 3.63) is 64.0 Å². The Kier molecular flexibility index (Phi) is 6.02. The van der Waals surface area contributed by atoms with Gasteiger partial charge >= 0.3 is 0 Å². The Morgan fingerprint density at radius 1 is 1.11 bits per heavy atom. The normalized spacial score (nSPS) is 11.9. The van der Waals surface area contributed by atoms with Crippen molar-refractivity contribution in [2.75, 3.05) is 5.75 Å². The molecule has 0 fully saturated rings. The van der Waals surface area contributed by atoms with Gasteiger partial charge in [0.25, 0.3) is 5.92 Å². The van der Waals surface area contributed by atoms with Gasteiger partial charge in [-0.05, 0) is 35.4 Å². The SMILES string of the molecule is CCSc1c(C(=O)Cc2cc(C(C)(F)F)ccc2CC)sc2ccccc12. The van der Waals surface area contributed by atoms with Crippen molar-refractivity contribution in [3.63, 3.8) is 0 Å². The summed E-state index contributed by atoms with van der Waals surface area (Å²) in [5.41, 5.74) is 1.61. The Hall–Kier alpha value is -1.72. The fourth-order valence-electron chi connectivity index (χ4n) is 3.15. The van der Waals surface area contributed by atoms with Crippen LogP contribution in [0.1, 0.15) is 47.1 Å². The van der Waals surface area contributed by atoms with E-state index in [1.807, 2.05) is 31.2 Å². The molecule has 0 unspecified atom stereocenters. The second-order valence-electron chi connectivity index (χ2n) is 6.51. The Labute approximate surface area is 166 Å². The first kappa shape index (κ1) is 20.0. The summed E-state index contributed by atoms with van der Waals surface area (Å²) in [6, 6.07) is 12.7. The first-order chi connectivity index (χ1) is 12.8. The van der Waals surface area contributed by atoms with Crippen LogP contribution >= 0.6 is 23.1 Å². The molecular formula is C22H22F2OS2. The third kappa shape index (κ3) is 4.25. The molecule has 0 aliphatic carbocycles. The Morgan fingerprint density at radius 3 is 2.52 bits per heavy atom. The number of alkyl halides is 2. The van der Waals surface area contributed by atoms with Gasteiger partial charge in [-0.25, -0.2) is 8.78 Å². The van der Waals surface area contributed by atoms with E-state index in [4.69, 9.17) is 0 Å². The molecule has 0 aliphatic rings. The standard InChI is InChI=1S/C22H22F2OS2/c1-4-14-10-11-16(22(3,23)24)12-15(14)13-18(25)21-20(26-5-2)17-8-6-7-9-19(17)27-21/h6-12H,4-5,13H2,1-3H3. The third-order valence-corrected chi connectivity index (χ3v) is 6.88. The number of halogens is 2. The van der Waals surface area contributed by atoms with Crippen LogP contribution in [0.25, 0.3) is 10.1 Å². The molecule has 0 saturated heterocycles. The predicted octanol–water partition coefficient (Wildman–Crippen LogP) is 7.11. The van der Waals surface area contributed by atoms with Crippen LogP contribution in [0.5, 0.6) is 0 Å². The number of hydrogen-bond acceptors (Lipinski definition) is 3. The zero-order valence-electron chi connectivity index (χ0n) is 15.6. The van der Waals surface area contributed by atoms with E-state index in [0.717, 1.165) is 38.1 Å². The van der Waals surface area contributed by atoms with Crippen LogP contribution in [-0.4, -0.2) is 11.5 Å². The molecule has 0 atom stereocenters. The van der Waals surface area contributed by atoms with Crippen LogP contribution in [0.3, 0.4) is 0 Å². The highest BCUT2D eigenvalue weighted by Crippen LogP contribution is 2.39. The Balaban J connectivity index is 2.01. The molecule has 0 radical (unpaired) electrons. The molecule has 0 N–H and O–H groups in total. The number of rotatable bonds is 7. The van der Waals surface area contributed by atoms with E-state index in [0.29, 0.717) is 12.0 Å². The molecule has 0 saturated carbocycles. The second-order valence-corrected chi connectivity index (χ2v) is 8.84. The van der Waals surface area contributed by atoms with Gasteiger partial charge in [-0.15, -0.1) is 23.1 Å². The van der Waals surface area contributed by atoms with Gasteiger partial charge in [0.1, 0.15) is 0 Å². The van der Waals surface area contributed by atoms with E-state index < -0.39 is 5.92 Å². The van der Waals surface area contributed by atoms with E-state index in [1.165, 1.54) is 23.5 Å². The zero-order chi connectivity index (χ0) is 19.6. The minimum absolute atomic E-state index is 0.00146. The van der Waals surface area contributed by atoms with Gasteiger partial charge < -0.3 is 0 Å². The van der Waals surface area contributed by atoms with Crippen LogP contribution in [0.15, 0.2) is 47.4 Å². The third-order valence-electron chi connectivity index (χ3n) is 4.54. The van der Waals surface area contributed by atoms with E-state index >= 15 is 0 Å². The summed E-state index contributed by atoms with van der Waals surface area (Å²) >= 11 is 3.16. The van der Waals surface area contributed by atoms with Crippen molar-refractivity contribution < 1.29 is 13.6 Å². The highest BCUT2D eigenvalue weighted by Gasteiger charge is 2.26. The molecule has 0 bridgehead atoms. The average Bonchev–Trinajstić information content (AvgIpc) is 3.00. The molecule has 0 amide bonds. The maximum Gasteiger partial charge on any atom is 0.270 e. The van der Waals surface area contributed by atoms with E-state index in [2.05, 4.69) is 6.92 Å². The van der Waals surface area contributed by atoms with Crippen LogP contribution in [0, 0.1) is 0 Å². The highest BCUT2D eigenvalue weighted by molar-refractivity contribution is 7.99. The summed E-state index contributed by atoms with van der Waals surface area (Å²) in [5, 5.41) is 1.10. The fraction of sp³-hybridized carbons (Fsp3) is 0.318. The van der Waals surface area contributed by atoms with Crippen LogP contribution < -0.4 is 0 Å². The van der Waals surface area contributed by atoms with Gasteiger partial charge in [-0.3, -0.25) is 4.79 Å². The number of thiophene rings is 1. The lowest BCUT2D eigenvalue weighted by Gasteiger charge is -2.15. The summed E-state index contributed by atoms with van der Waals surface area (Å²) in [6.07, 6.45) is 0.859. The van der Waals surface area contributed by atoms with Crippen LogP contribution in [0.2, 0.25) is 0 Å². The summed E-state index contributed by atoms with van der Waals surface area (Å²) in [5.74, 6) is -2.04. The molecular weight excluding hydrogens is 382 g/mol. The minimum Gasteiger partial charge on any atom is -0.293 e. The molecule has 5 heteroatoms. The van der Waals surface area contributed by atoms with Gasteiger partial charge in [0.15, 0.2) is 5.78 Å². The van der Waals surface area contributed by atoms with Gasteiger partial charge in [0, 0.05) is 33.9 Å². The number of fused-ring (bicyclic) bond motifs is 1. The summed E-state index contributed by atoms with van der Waals surface area (Å²) in [7, 11) is 0. The highest BCUT2D eigenvalue weighted by atomic mass is 32.2. The summed E-state index contributed by atoms with van der Waals surface area (Å²) in [6.45, 7) is 4.93. The molecule has 3 aromatic rings. The Bertz CT molecular complexity index is 970. The zero-order valence-corrected chi connectivity index (χ0v) is 17.3. The topological polar surface area (TPSA) is 17.1 Å². The van der Waals surface area contributed by atoms with Gasteiger partial charge in [-0.2, -0.15) is 0 Å². The molecule has 0 aliphatic heterocycles. The maximum atomic E-state index is 13.7. The van der Waals surface area contributed by atoms with Crippen molar-refractivity contribution in [2.45, 2.75) is 44.4 Å². The molecule has 1 aromatic heterocycles. The average molecular weight is 405 g/mol. The largest absolute Gasteiger partial charge is 0.293 e. The Morgan fingerprint density at radius 2 is 1.85 bits per heavy atom. The lowest BCUT2D eigenvalue weighted by Crippen LogP contribution is -2.11. The molecule has 1 nitrogen and oxygen atoms in total. The molecule has 2 aromatic carbocycles. The number of hydrogen-bond donors (Lipinski definition) is 0. The van der Waals surface area contributed by atoms with Crippen molar-refractivity contribution in [2.24, 2.45) is 0 Å². The lowest BCUT2D eigenvalue weighted by atomic mass is 9.95. The van der Waals surface area contributed by atoms with Crippen molar-refractivity contribution >= 4 is 39.0 Å². The van der Waals surface area contributed by atoms with E-state index in [1.54, 1.807) is 17.8 Å². The van der Waals surface area contributed by atoms with Gasteiger partial charge in [0.05, 0.1) is 4.88 Å². The van der Waals surface area contributed by atoms with Crippen molar-refractivity contribution in [3.8, 4) is 0 Å². The van der Waals surface area contributed by atoms with Gasteiger partial charge in [0.2, 0.25) is 0 Å². The second kappa shape index (κ2) is 8.11.